The third-order valence-electron chi connectivity index (χ3n) is 5.22. The van der Waals surface area contributed by atoms with Gasteiger partial charge in [-0.25, -0.2) is 0 Å². The summed E-state index contributed by atoms with van der Waals surface area (Å²) in [6.45, 7) is 6.75. The van der Waals surface area contributed by atoms with Gasteiger partial charge in [-0.05, 0) is 18.4 Å². The van der Waals surface area contributed by atoms with Gasteiger partial charge in [0.15, 0.2) is 0 Å². The molecule has 1 aromatic carbocycles. The summed E-state index contributed by atoms with van der Waals surface area (Å²) in [5.41, 5.74) is 6.35. The molecule has 7 heteroatoms. The molecule has 1 heterocycles. The molecular weight excluding hydrogens is 344 g/mol. The normalized spacial score (nSPS) is 19.7. The van der Waals surface area contributed by atoms with Crippen LogP contribution in [0.1, 0.15) is 38.8 Å². The summed E-state index contributed by atoms with van der Waals surface area (Å²) >= 11 is 0. The van der Waals surface area contributed by atoms with Gasteiger partial charge in [-0.1, -0.05) is 50.6 Å². The number of amides is 3. The van der Waals surface area contributed by atoms with E-state index in [0.717, 1.165) is 12.0 Å². The number of nitrogens with two attached hydrogens (primary N) is 1. The quantitative estimate of drug-likeness (QED) is 0.707. The molecule has 0 radical (unpaired) electrons. The number of hydrogen-bond donors (Lipinski definition) is 2. The smallest absolute Gasteiger partial charge is 0.246 e. The fraction of sp³-hybridized carbons (Fsp3) is 0.550. The third-order valence-corrected chi connectivity index (χ3v) is 5.22. The fourth-order valence-electron chi connectivity index (χ4n) is 3.40. The van der Waals surface area contributed by atoms with E-state index >= 15 is 0 Å². The van der Waals surface area contributed by atoms with Crippen molar-refractivity contribution in [1.82, 2.24) is 15.1 Å². The Morgan fingerprint density at radius 2 is 1.89 bits per heavy atom. The molecule has 7 nitrogen and oxygen atoms in total. The van der Waals surface area contributed by atoms with Crippen LogP contribution in [0.15, 0.2) is 30.3 Å². The Labute approximate surface area is 160 Å². The molecule has 3 atom stereocenters. The van der Waals surface area contributed by atoms with Gasteiger partial charge < -0.3 is 20.9 Å². The van der Waals surface area contributed by atoms with E-state index in [9.17, 15) is 14.4 Å². The maximum Gasteiger partial charge on any atom is 0.246 e. The topological polar surface area (TPSA) is 95.7 Å². The lowest BCUT2D eigenvalue weighted by Crippen LogP contribution is -2.62. The summed E-state index contributed by atoms with van der Waals surface area (Å²) < 4.78 is 0. The Kier molecular flexibility index (Phi) is 7.36. The van der Waals surface area contributed by atoms with Crippen molar-refractivity contribution in [2.45, 2.75) is 39.3 Å². The van der Waals surface area contributed by atoms with Gasteiger partial charge in [0.1, 0.15) is 6.04 Å². The molecule has 1 saturated heterocycles. The van der Waals surface area contributed by atoms with Gasteiger partial charge in [-0.3, -0.25) is 14.4 Å². The molecule has 1 aliphatic heterocycles. The predicted molar refractivity (Wildman–Crippen MR) is 104 cm³/mol. The molecule has 3 N–H and O–H groups in total. The zero-order chi connectivity index (χ0) is 20.0. The number of hydrogen-bond acceptors (Lipinski definition) is 4. The van der Waals surface area contributed by atoms with Crippen molar-refractivity contribution in [3.63, 3.8) is 0 Å². The summed E-state index contributed by atoms with van der Waals surface area (Å²) in [4.78, 5) is 40.0. The number of piperazine rings is 1. The largest absolute Gasteiger partial charge is 0.368 e. The molecular formula is C20H30N4O3. The SMILES string of the molecule is CC[C@H](C)[C@@H]1C(=O)N(CC(N)=O)CCN1C(=O)CN[C@H](C)c1ccccc1. The van der Waals surface area contributed by atoms with Crippen molar-refractivity contribution in [1.29, 1.82) is 0 Å². The molecule has 27 heavy (non-hydrogen) atoms. The Morgan fingerprint density at radius 1 is 1.22 bits per heavy atom. The molecule has 0 saturated carbocycles. The lowest BCUT2D eigenvalue weighted by molar-refractivity contribution is -0.154. The van der Waals surface area contributed by atoms with E-state index < -0.39 is 11.9 Å². The molecule has 148 valence electrons. The first kappa shape index (κ1) is 20.9. The van der Waals surface area contributed by atoms with E-state index in [1.54, 1.807) is 4.90 Å². The Morgan fingerprint density at radius 3 is 2.48 bits per heavy atom. The number of rotatable bonds is 8. The Balaban J connectivity index is 2.04. The molecule has 0 aromatic heterocycles. The molecule has 1 aromatic rings. The second-order valence-corrected chi connectivity index (χ2v) is 7.16. The van der Waals surface area contributed by atoms with Gasteiger partial charge in [-0.2, -0.15) is 0 Å². The molecule has 0 aliphatic carbocycles. The zero-order valence-corrected chi connectivity index (χ0v) is 16.4. The van der Waals surface area contributed by atoms with Crippen LogP contribution in [0.25, 0.3) is 0 Å². The maximum atomic E-state index is 12.8. The number of nitrogens with zero attached hydrogens (tertiary/aromatic N) is 2. The minimum Gasteiger partial charge on any atom is -0.368 e. The highest BCUT2D eigenvalue weighted by atomic mass is 16.2. The van der Waals surface area contributed by atoms with Gasteiger partial charge in [-0.15, -0.1) is 0 Å². The summed E-state index contributed by atoms with van der Waals surface area (Å²) in [7, 11) is 0. The Bertz CT molecular complexity index is 664. The molecule has 1 fully saturated rings. The minimum atomic E-state index is -0.551. The second-order valence-electron chi connectivity index (χ2n) is 7.16. The van der Waals surface area contributed by atoms with Crippen LogP contribution in [-0.2, 0) is 14.4 Å². The lowest BCUT2D eigenvalue weighted by Gasteiger charge is -2.42. The van der Waals surface area contributed by atoms with Gasteiger partial charge in [0.05, 0.1) is 13.1 Å². The van der Waals surface area contributed by atoms with E-state index in [0.29, 0.717) is 13.1 Å². The van der Waals surface area contributed by atoms with Crippen LogP contribution in [0.3, 0.4) is 0 Å². The van der Waals surface area contributed by atoms with Gasteiger partial charge in [0, 0.05) is 19.1 Å². The number of nitrogens with one attached hydrogen (secondary N) is 1. The minimum absolute atomic E-state index is 0.00340. The van der Waals surface area contributed by atoms with Crippen molar-refractivity contribution >= 4 is 17.7 Å². The van der Waals surface area contributed by atoms with Crippen LogP contribution in [0.2, 0.25) is 0 Å². The first-order valence-electron chi connectivity index (χ1n) is 9.50. The van der Waals surface area contributed by atoms with Crippen molar-refractivity contribution in [2.75, 3.05) is 26.2 Å². The monoisotopic (exact) mass is 374 g/mol. The molecule has 0 unspecified atom stereocenters. The van der Waals surface area contributed by atoms with E-state index in [4.69, 9.17) is 5.73 Å². The predicted octanol–water partition coefficient (Wildman–Crippen LogP) is 0.908. The summed E-state index contributed by atoms with van der Waals surface area (Å²) in [5.74, 6) is -0.831. The van der Waals surface area contributed by atoms with Gasteiger partial charge in [0.2, 0.25) is 17.7 Å². The van der Waals surface area contributed by atoms with E-state index in [-0.39, 0.29) is 36.9 Å². The second kappa shape index (κ2) is 9.50. The number of carbonyl (C=O) groups is 3. The van der Waals surface area contributed by atoms with Crippen LogP contribution < -0.4 is 11.1 Å². The van der Waals surface area contributed by atoms with Crippen LogP contribution in [0.5, 0.6) is 0 Å². The summed E-state index contributed by atoms with van der Waals surface area (Å²) in [6, 6.07) is 9.38. The van der Waals surface area contributed by atoms with Crippen LogP contribution in [-0.4, -0.2) is 59.7 Å². The van der Waals surface area contributed by atoms with Crippen molar-refractivity contribution < 1.29 is 14.4 Å². The van der Waals surface area contributed by atoms with Gasteiger partial charge in [0.25, 0.3) is 0 Å². The molecule has 0 bridgehead atoms. The first-order chi connectivity index (χ1) is 12.8. The fourth-order valence-corrected chi connectivity index (χ4v) is 3.40. The average Bonchev–Trinajstić information content (AvgIpc) is 2.67. The van der Waals surface area contributed by atoms with Crippen LogP contribution >= 0.6 is 0 Å². The van der Waals surface area contributed by atoms with Crippen LogP contribution in [0.4, 0.5) is 0 Å². The third kappa shape index (κ3) is 5.29. The first-order valence-corrected chi connectivity index (χ1v) is 9.50. The number of benzene rings is 1. The summed E-state index contributed by atoms with van der Waals surface area (Å²) in [5, 5.41) is 3.24. The van der Waals surface area contributed by atoms with E-state index in [1.165, 1.54) is 4.90 Å². The highest BCUT2D eigenvalue weighted by molar-refractivity contribution is 5.92. The van der Waals surface area contributed by atoms with Crippen LogP contribution in [0, 0.1) is 5.92 Å². The number of primary amides is 1. The number of carbonyl (C=O) groups excluding carboxylic acids is 3. The zero-order valence-electron chi connectivity index (χ0n) is 16.4. The highest BCUT2D eigenvalue weighted by Gasteiger charge is 2.40. The maximum absolute atomic E-state index is 12.8. The Hall–Kier alpha value is -2.41. The standard InChI is InChI=1S/C20H30N4O3/c1-4-14(2)19-20(27)23(13-17(21)25)10-11-24(19)18(26)12-22-15(3)16-8-6-5-7-9-16/h5-9,14-15,19,22H,4,10-13H2,1-3H3,(H2,21,25)/t14-,15+,19+/m0/s1. The summed E-state index contributed by atoms with van der Waals surface area (Å²) in [6.07, 6.45) is 0.762. The van der Waals surface area contributed by atoms with Gasteiger partial charge >= 0.3 is 0 Å². The van der Waals surface area contributed by atoms with E-state index in [2.05, 4.69) is 5.32 Å². The van der Waals surface area contributed by atoms with Crippen molar-refractivity contribution in [2.24, 2.45) is 11.7 Å². The van der Waals surface area contributed by atoms with Crippen molar-refractivity contribution in [3.8, 4) is 0 Å². The van der Waals surface area contributed by atoms with E-state index in [1.807, 2.05) is 51.1 Å². The van der Waals surface area contributed by atoms with Crippen molar-refractivity contribution in [3.05, 3.63) is 35.9 Å². The average molecular weight is 374 g/mol. The molecule has 0 spiro atoms. The highest BCUT2D eigenvalue weighted by Crippen LogP contribution is 2.21. The molecule has 2 rings (SSSR count). The molecule has 3 amide bonds. The lowest BCUT2D eigenvalue weighted by atomic mass is 9.94. The molecule has 1 aliphatic rings.